The van der Waals surface area contributed by atoms with Gasteiger partial charge in [-0.05, 0) is 19.4 Å². The first kappa shape index (κ1) is 21.8. The molecule has 2 rings (SSSR count). The van der Waals surface area contributed by atoms with Gasteiger partial charge in [-0.3, -0.25) is 4.79 Å². The van der Waals surface area contributed by atoms with Crippen LogP contribution in [0.15, 0.2) is 29.3 Å². The monoisotopic (exact) mass is 400 g/mol. The number of carbonyl (C=O) groups excluding carboxylic acids is 1. The van der Waals surface area contributed by atoms with Gasteiger partial charge in [0.05, 0.1) is 6.54 Å². The quantitative estimate of drug-likeness (QED) is 0.569. The van der Waals surface area contributed by atoms with Crippen LogP contribution in [0, 0.1) is 5.92 Å². The molecule has 9 heteroatoms. The predicted molar refractivity (Wildman–Crippen MR) is 101 cm³/mol. The highest BCUT2D eigenvalue weighted by molar-refractivity contribution is 5.81. The molecule has 1 amide bonds. The van der Waals surface area contributed by atoms with E-state index in [1.165, 1.54) is 12.1 Å². The van der Waals surface area contributed by atoms with Gasteiger partial charge in [0.2, 0.25) is 5.91 Å². The van der Waals surface area contributed by atoms with Crippen LogP contribution in [-0.2, 0) is 11.3 Å². The van der Waals surface area contributed by atoms with E-state index in [0.717, 1.165) is 6.42 Å². The molecule has 1 aromatic carbocycles. The molecule has 28 heavy (non-hydrogen) atoms. The molecule has 1 aliphatic rings. The number of guanidine groups is 1. The summed E-state index contributed by atoms with van der Waals surface area (Å²) in [6.45, 7) is 7.54. The molecule has 1 unspecified atom stereocenters. The fourth-order valence-electron chi connectivity index (χ4n) is 2.98. The molecule has 1 saturated heterocycles. The van der Waals surface area contributed by atoms with E-state index in [9.17, 15) is 18.0 Å². The molecule has 1 fully saturated rings. The van der Waals surface area contributed by atoms with Crippen LogP contribution in [-0.4, -0.2) is 48.8 Å². The van der Waals surface area contributed by atoms with Crippen molar-refractivity contribution in [3.8, 4) is 5.75 Å². The first-order valence-electron chi connectivity index (χ1n) is 9.37. The molecule has 1 aliphatic heterocycles. The maximum atomic E-state index is 12.6. The van der Waals surface area contributed by atoms with Crippen molar-refractivity contribution in [3.05, 3.63) is 29.8 Å². The van der Waals surface area contributed by atoms with Crippen molar-refractivity contribution >= 4 is 11.9 Å². The lowest BCUT2D eigenvalue weighted by atomic mass is 10.2. The number of hydrogen-bond donors (Lipinski definition) is 2. The molecule has 6 nitrogen and oxygen atoms in total. The summed E-state index contributed by atoms with van der Waals surface area (Å²) >= 11 is 0. The lowest BCUT2D eigenvalue weighted by Gasteiger charge is -2.20. The summed E-state index contributed by atoms with van der Waals surface area (Å²) in [5.41, 5.74) is 0.333. The fraction of sp³-hybridized carbons (Fsp3) is 0.579. The minimum absolute atomic E-state index is 0.0307. The second-order valence-electron chi connectivity index (χ2n) is 6.92. The van der Waals surface area contributed by atoms with Gasteiger partial charge in [0.1, 0.15) is 5.75 Å². The van der Waals surface area contributed by atoms with Crippen molar-refractivity contribution in [1.82, 2.24) is 15.5 Å². The summed E-state index contributed by atoms with van der Waals surface area (Å²) < 4.78 is 41.7. The minimum Gasteiger partial charge on any atom is -0.405 e. The smallest absolute Gasteiger partial charge is 0.405 e. The number of aliphatic imine (C=N–C) groups is 1. The van der Waals surface area contributed by atoms with Gasteiger partial charge in [0, 0.05) is 37.2 Å². The third-order valence-corrected chi connectivity index (χ3v) is 4.28. The number of likely N-dealkylation sites (tertiary alicyclic amines) is 1. The number of ether oxygens (including phenoxy) is 1. The molecule has 1 atom stereocenters. The van der Waals surface area contributed by atoms with Gasteiger partial charge in [-0.1, -0.05) is 32.0 Å². The number of alkyl halides is 3. The molecule has 0 radical (unpaired) electrons. The molecule has 0 aromatic heterocycles. The Balaban J connectivity index is 2.03. The molecule has 0 spiro atoms. The molecular formula is C19H27F3N4O2. The lowest BCUT2D eigenvalue weighted by molar-refractivity contribution is -0.274. The maximum Gasteiger partial charge on any atom is 0.573 e. The number of benzene rings is 1. The van der Waals surface area contributed by atoms with Crippen LogP contribution in [0.3, 0.4) is 0 Å². The zero-order valence-electron chi connectivity index (χ0n) is 16.3. The Bertz CT molecular complexity index is 692. The maximum absolute atomic E-state index is 12.6. The highest BCUT2D eigenvalue weighted by Gasteiger charge is 2.32. The topological polar surface area (TPSA) is 66.0 Å². The first-order valence-corrected chi connectivity index (χ1v) is 9.37. The van der Waals surface area contributed by atoms with Crippen LogP contribution >= 0.6 is 0 Å². The van der Waals surface area contributed by atoms with Crippen molar-refractivity contribution in [2.24, 2.45) is 10.9 Å². The molecular weight excluding hydrogens is 373 g/mol. The Labute approximate surface area is 163 Å². The number of halogens is 3. The van der Waals surface area contributed by atoms with Gasteiger partial charge < -0.3 is 20.3 Å². The normalized spacial score (nSPS) is 17.8. The van der Waals surface area contributed by atoms with Gasteiger partial charge in [0.15, 0.2) is 5.96 Å². The van der Waals surface area contributed by atoms with Crippen LogP contribution < -0.4 is 15.4 Å². The van der Waals surface area contributed by atoms with Gasteiger partial charge >= 0.3 is 6.36 Å². The van der Waals surface area contributed by atoms with Gasteiger partial charge in [0.25, 0.3) is 0 Å². The molecule has 0 aliphatic carbocycles. The lowest BCUT2D eigenvalue weighted by Crippen LogP contribution is -2.45. The second-order valence-corrected chi connectivity index (χ2v) is 6.92. The SMILES string of the molecule is CCNC(=NCc1ccccc1OC(F)(F)F)NC1CCN(C(=O)C(C)C)C1. The third-order valence-electron chi connectivity index (χ3n) is 4.28. The summed E-state index contributed by atoms with van der Waals surface area (Å²) in [6.07, 6.45) is -3.96. The third kappa shape index (κ3) is 6.61. The van der Waals surface area contributed by atoms with E-state index >= 15 is 0 Å². The largest absolute Gasteiger partial charge is 0.573 e. The number of nitrogens with one attached hydrogen (secondary N) is 2. The van der Waals surface area contributed by atoms with Gasteiger partial charge in [-0.15, -0.1) is 13.2 Å². The van der Waals surface area contributed by atoms with Crippen LogP contribution in [0.1, 0.15) is 32.8 Å². The summed E-state index contributed by atoms with van der Waals surface area (Å²) in [7, 11) is 0. The molecule has 0 bridgehead atoms. The number of rotatable bonds is 6. The van der Waals surface area contributed by atoms with Crippen LogP contribution in [0.25, 0.3) is 0 Å². The van der Waals surface area contributed by atoms with Crippen molar-refractivity contribution in [1.29, 1.82) is 0 Å². The molecule has 1 heterocycles. The second kappa shape index (κ2) is 9.66. The minimum atomic E-state index is -4.75. The average molecular weight is 400 g/mol. The molecule has 1 aromatic rings. The molecule has 0 saturated carbocycles. The number of nitrogens with zero attached hydrogens (tertiary/aromatic N) is 2. The number of para-hydroxylation sites is 1. The summed E-state index contributed by atoms with van der Waals surface area (Å²) in [6, 6.07) is 5.98. The highest BCUT2D eigenvalue weighted by atomic mass is 19.4. The first-order chi connectivity index (χ1) is 13.2. The zero-order chi connectivity index (χ0) is 20.7. The van der Waals surface area contributed by atoms with E-state index in [1.54, 1.807) is 12.1 Å². The number of carbonyl (C=O) groups is 1. The number of hydrogen-bond acceptors (Lipinski definition) is 3. The Morgan fingerprint density at radius 3 is 2.71 bits per heavy atom. The van der Waals surface area contributed by atoms with Gasteiger partial charge in [-0.2, -0.15) is 0 Å². The van der Waals surface area contributed by atoms with E-state index in [1.807, 2.05) is 25.7 Å². The Kier molecular flexibility index (Phi) is 7.53. The fourth-order valence-corrected chi connectivity index (χ4v) is 2.98. The van der Waals surface area contributed by atoms with E-state index < -0.39 is 6.36 Å². The van der Waals surface area contributed by atoms with E-state index in [2.05, 4.69) is 20.4 Å². The Hall–Kier alpha value is -2.45. The van der Waals surface area contributed by atoms with E-state index in [0.29, 0.717) is 31.2 Å². The van der Waals surface area contributed by atoms with Crippen LogP contribution in [0.2, 0.25) is 0 Å². The Morgan fingerprint density at radius 1 is 1.36 bits per heavy atom. The van der Waals surface area contributed by atoms with Crippen molar-refractivity contribution < 1.29 is 22.7 Å². The average Bonchev–Trinajstić information content (AvgIpc) is 3.07. The number of amides is 1. The van der Waals surface area contributed by atoms with Crippen molar-refractivity contribution in [2.75, 3.05) is 19.6 Å². The summed E-state index contributed by atoms with van der Waals surface area (Å²) in [5.74, 6) is 0.299. The highest BCUT2D eigenvalue weighted by Crippen LogP contribution is 2.26. The van der Waals surface area contributed by atoms with E-state index in [-0.39, 0.29) is 30.2 Å². The molecule has 2 N–H and O–H groups in total. The summed E-state index contributed by atoms with van der Waals surface area (Å²) in [5, 5.41) is 6.35. The zero-order valence-corrected chi connectivity index (χ0v) is 16.3. The summed E-state index contributed by atoms with van der Waals surface area (Å²) in [4.78, 5) is 18.3. The van der Waals surface area contributed by atoms with Crippen LogP contribution in [0.4, 0.5) is 13.2 Å². The van der Waals surface area contributed by atoms with E-state index in [4.69, 9.17) is 0 Å². The van der Waals surface area contributed by atoms with Crippen molar-refractivity contribution in [3.63, 3.8) is 0 Å². The van der Waals surface area contributed by atoms with Crippen LogP contribution in [0.5, 0.6) is 5.75 Å². The van der Waals surface area contributed by atoms with Gasteiger partial charge in [-0.25, -0.2) is 4.99 Å². The van der Waals surface area contributed by atoms with Crippen molar-refractivity contribution in [2.45, 2.75) is 46.1 Å². The Morgan fingerprint density at radius 2 is 2.07 bits per heavy atom. The standard InChI is InChI=1S/C19H27F3N4O2/c1-4-23-18(25-15-9-10-26(12-15)17(27)13(2)3)24-11-14-7-5-6-8-16(14)28-19(20,21)22/h5-8,13,15H,4,9-12H2,1-3H3,(H2,23,24,25). The molecule has 156 valence electrons. The predicted octanol–water partition coefficient (Wildman–Crippen LogP) is 2.90.